The zero-order valence-corrected chi connectivity index (χ0v) is 10.1. The molecule has 84 valence electrons. The number of carbonyl (C=O) groups excluding carboxylic acids is 1. The first kappa shape index (κ1) is 10.3. The van der Waals surface area contributed by atoms with Crippen LogP contribution in [0.25, 0.3) is 11.0 Å². The zero-order chi connectivity index (χ0) is 11.8. The van der Waals surface area contributed by atoms with E-state index in [1.807, 2.05) is 48.0 Å². The van der Waals surface area contributed by atoms with E-state index in [0.29, 0.717) is 11.3 Å². The molecule has 0 spiro atoms. The maximum atomic E-state index is 12.1. The monoisotopic (exact) mass is 242 g/mol. The lowest BCUT2D eigenvalue weighted by atomic mass is 10.1. The Balaban J connectivity index is 2.09. The van der Waals surface area contributed by atoms with E-state index in [-0.39, 0.29) is 5.78 Å². The molecule has 0 saturated carbocycles. The fourth-order valence-electron chi connectivity index (χ4n) is 1.81. The van der Waals surface area contributed by atoms with Crippen LogP contribution in [0.1, 0.15) is 21.7 Å². The number of benzene rings is 1. The molecule has 0 saturated heterocycles. The van der Waals surface area contributed by atoms with Crippen molar-refractivity contribution in [2.45, 2.75) is 6.92 Å². The minimum Gasteiger partial charge on any atom is -0.453 e. The lowest BCUT2D eigenvalue weighted by molar-refractivity contribution is 0.101. The number of fused-ring (bicyclic) bond motifs is 1. The van der Waals surface area contributed by atoms with Gasteiger partial charge in [-0.15, -0.1) is 0 Å². The summed E-state index contributed by atoms with van der Waals surface area (Å²) in [5.74, 6) is 0.351. The Morgan fingerprint density at radius 2 is 2.12 bits per heavy atom. The van der Waals surface area contributed by atoms with Crippen LogP contribution in [0.15, 0.2) is 45.5 Å². The van der Waals surface area contributed by atoms with Crippen LogP contribution >= 0.6 is 11.3 Å². The third kappa shape index (κ3) is 1.78. The number of ketones is 1. The van der Waals surface area contributed by atoms with Crippen LogP contribution in [0.3, 0.4) is 0 Å². The summed E-state index contributed by atoms with van der Waals surface area (Å²) < 4.78 is 5.56. The van der Waals surface area contributed by atoms with Crippen molar-refractivity contribution in [3.63, 3.8) is 0 Å². The highest BCUT2D eigenvalue weighted by Crippen LogP contribution is 2.23. The first-order valence-corrected chi connectivity index (χ1v) is 6.25. The Morgan fingerprint density at radius 1 is 1.24 bits per heavy atom. The van der Waals surface area contributed by atoms with Gasteiger partial charge < -0.3 is 4.42 Å². The van der Waals surface area contributed by atoms with Gasteiger partial charge in [0, 0.05) is 16.3 Å². The SMILES string of the molecule is Cc1ccc2oc(C(=O)c3ccsc3)cc2c1. The average molecular weight is 242 g/mol. The topological polar surface area (TPSA) is 30.2 Å². The molecule has 0 radical (unpaired) electrons. The Hall–Kier alpha value is -1.87. The predicted octanol–water partition coefficient (Wildman–Crippen LogP) is 4.03. The van der Waals surface area contributed by atoms with E-state index >= 15 is 0 Å². The van der Waals surface area contributed by atoms with Crippen molar-refractivity contribution in [1.82, 2.24) is 0 Å². The summed E-state index contributed by atoms with van der Waals surface area (Å²) in [5.41, 5.74) is 2.60. The summed E-state index contributed by atoms with van der Waals surface area (Å²) in [6, 6.07) is 9.51. The highest BCUT2D eigenvalue weighted by Gasteiger charge is 2.14. The third-order valence-electron chi connectivity index (χ3n) is 2.68. The maximum Gasteiger partial charge on any atom is 0.229 e. The molecule has 0 amide bonds. The van der Waals surface area contributed by atoms with E-state index in [9.17, 15) is 4.79 Å². The number of hydrogen-bond donors (Lipinski definition) is 0. The molecule has 0 bridgehead atoms. The first-order valence-electron chi connectivity index (χ1n) is 5.31. The van der Waals surface area contributed by atoms with E-state index in [1.54, 1.807) is 0 Å². The molecular weight excluding hydrogens is 232 g/mol. The average Bonchev–Trinajstić information content (AvgIpc) is 2.96. The van der Waals surface area contributed by atoms with Crippen molar-refractivity contribution in [1.29, 1.82) is 0 Å². The quantitative estimate of drug-likeness (QED) is 0.635. The number of thiophene rings is 1. The second-order valence-electron chi connectivity index (χ2n) is 3.99. The molecule has 0 atom stereocenters. The molecule has 0 fully saturated rings. The summed E-state index contributed by atoms with van der Waals surface area (Å²) >= 11 is 1.51. The standard InChI is InChI=1S/C14H10O2S/c1-9-2-3-12-11(6-9)7-13(16-12)14(15)10-4-5-17-8-10/h2-8H,1H3. The van der Waals surface area contributed by atoms with Crippen molar-refractivity contribution in [2.75, 3.05) is 0 Å². The molecule has 0 N–H and O–H groups in total. The van der Waals surface area contributed by atoms with Gasteiger partial charge in [-0.2, -0.15) is 11.3 Å². The third-order valence-corrected chi connectivity index (χ3v) is 3.36. The summed E-state index contributed by atoms with van der Waals surface area (Å²) in [6.45, 7) is 2.02. The van der Waals surface area contributed by atoms with Gasteiger partial charge in [0.05, 0.1) is 0 Å². The molecule has 2 heterocycles. The Kier molecular flexibility index (Phi) is 2.34. The summed E-state index contributed by atoms with van der Waals surface area (Å²) in [4.78, 5) is 12.1. The van der Waals surface area contributed by atoms with Gasteiger partial charge in [0.2, 0.25) is 5.78 Å². The second kappa shape index (κ2) is 3.86. The molecule has 3 heteroatoms. The van der Waals surface area contributed by atoms with Crippen LogP contribution < -0.4 is 0 Å². The van der Waals surface area contributed by atoms with Gasteiger partial charge in [-0.25, -0.2) is 0 Å². The zero-order valence-electron chi connectivity index (χ0n) is 9.27. The highest BCUT2D eigenvalue weighted by molar-refractivity contribution is 7.08. The molecule has 2 aromatic heterocycles. The number of carbonyl (C=O) groups is 1. The van der Waals surface area contributed by atoms with Crippen molar-refractivity contribution < 1.29 is 9.21 Å². The van der Waals surface area contributed by atoms with Gasteiger partial charge in [0.25, 0.3) is 0 Å². The summed E-state index contributed by atoms with van der Waals surface area (Å²) in [7, 11) is 0. The summed E-state index contributed by atoms with van der Waals surface area (Å²) in [6.07, 6.45) is 0. The number of rotatable bonds is 2. The minimum atomic E-state index is -0.0555. The van der Waals surface area contributed by atoms with E-state index < -0.39 is 0 Å². The van der Waals surface area contributed by atoms with Gasteiger partial charge in [-0.3, -0.25) is 4.79 Å². The Bertz CT molecular complexity index is 677. The maximum absolute atomic E-state index is 12.1. The molecular formula is C14H10O2S. The van der Waals surface area contributed by atoms with E-state index in [4.69, 9.17) is 4.42 Å². The van der Waals surface area contributed by atoms with Crippen LogP contribution in [-0.2, 0) is 0 Å². The Labute approximate surface area is 102 Å². The number of furan rings is 1. The van der Waals surface area contributed by atoms with E-state index in [2.05, 4.69) is 0 Å². The second-order valence-corrected chi connectivity index (χ2v) is 4.77. The van der Waals surface area contributed by atoms with Crippen molar-refractivity contribution >= 4 is 28.1 Å². The highest BCUT2D eigenvalue weighted by atomic mass is 32.1. The normalized spacial score (nSPS) is 10.9. The molecule has 17 heavy (non-hydrogen) atoms. The lowest BCUT2D eigenvalue weighted by Crippen LogP contribution is -1.96. The van der Waals surface area contributed by atoms with Crippen LogP contribution in [0.5, 0.6) is 0 Å². The van der Waals surface area contributed by atoms with Gasteiger partial charge >= 0.3 is 0 Å². The predicted molar refractivity (Wildman–Crippen MR) is 68.7 cm³/mol. The lowest BCUT2D eigenvalue weighted by Gasteiger charge is -1.91. The Morgan fingerprint density at radius 3 is 2.88 bits per heavy atom. The smallest absolute Gasteiger partial charge is 0.229 e. The molecule has 0 aliphatic carbocycles. The fourth-order valence-corrected chi connectivity index (χ4v) is 2.45. The largest absolute Gasteiger partial charge is 0.453 e. The van der Waals surface area contributed by atoms with Gasteiger partial charge in [-0.05, 0) is 36.6 Å². The molecule has 2 nitrogen and oxygen atoms in total. The van der Waals surface area contributed by atoms with Crippen LogP contribution in [0, 0.1) is 6.92 Å². The van der Waals surface area contributed by atoms with Gasteiger partial charge in [-0.1, -0.05) is 11.6 Å². The van der Waals surface area contributed by atoms with Crippen molar-refractivity contribution in [2.24, 2.45) is 0 Å². The number of aryl methyl sites for hydroxylation is 1. The van der Waals surface area contributed by atoms with Crippen molar-refractivity contribution in [3.8, 4) is 0 Å². The number of hydrogen-bond acceptors (Lipinski definition) is 3. The minimum absolute atomic E-state index is 0.0555. The molecule has 0 aliphatic rings. The van der Waals surface area contributed by atoms with Gasteiger partial charge in [0.1, 0.15) is 5.58 Å². The molecule has 3 aromatic rings. The van der Waals surface area contributed by atoms with Crippen molar-refractivity contribution in [3.05, 3.63) is 58.0 Å². The van der Waals surface area contributed by atoms with E-state index in [1.165, 1.54) is 11.3 Å². The van der Waals surface area contributed by atoms with Crippen LogP contribution in [-0.4, -0.2) is 5.78 Å². The summed E-state index contributed by atoms with van der Waals surface area (Å²) in [5, 5.41) is 4.70. The first-order chi connectivity index (χ1) is 8.24. The molecule has 1 aromatic carbocycles. The van der Waals surface area contributed by atoms with E-state index in [0.717, 1.165) is 16.5 Å². The molecule has 0 unspecified atom stereocenters. The molecule has 3 rings (SSSR count). The van der Waals surface area contributed by atoms with Crippen LogP contribution in [0.4, 0.5) is 0 Å². The fraction of sp³-hybridized carbons (Fsp3) is 0.0714. The molecule has 0 aliphatic heterocycles. The van der Waals surface area contributed by atoms with Crippen LogP contribution in [0.2, 0.25) is 0 Å². The van der Waals surface area contributed by atoms with Gasteiger partial charge in [0.15, 0.2) is 5.76 Å².